The van der Waals surface area contributed by atoms with Gasteiger partial charge in [-0.05, 0) is 23.4 Å². The highest BCUT2D eigenvalue weighted by Gasteiger charge is 2.35. The molecule has 250 valence electrons. The molecule has 48 heavy (non-hydrogen) atoms. The van der Waals surface area contributed by atoms with Gasteiger partial charge in [0.05, 0.1) is 37.4 Å². The van der Waals surface area contributed by atoms with Gasteiger partial charge in [0.1, 0.15) is 25.1 Å². The second-order valence-electron chi connectivity index (χ2n) is 12.1. The monoisotopic (exact) mass is 669 g/mol. The van der Waals surface area contributed by atoms with E-state index in [2.05, 4.69) is 63.7 Å². The molecule has 12 heteroatoms. The van der Waals surface area contributed by atoms with Crippen LogP contribution in [0.2, 0.25) is 0 Å². The number of hydrogen-bond donors (Lipinski definition) is 1. The van der Waals surface area contributed by atoms with Crippen LogP contribution >= 0.6 is 12.4 Å². The number of nitrogens with zero attached hydrogens (tertiary/aromatic N) is 6. The second kappa shape index (κ2) is 15.5. The fourth-order valence-electron chi connectivity index (χ4n) is 6.67. The first-order chi connectivity index (χ1) is 23.2. The van der Waals surface area contributed by atoms with E-state index >= 15 is 0 Å². The average molecular weight is 670 g/mol. The van der Waals surface area contributed by atoms with E-state index in [1.54, 1.807) is 4.90 Å². The summed E-state index contributed by atoms with van der Waals surface area (Å²) in [5, 5.41) is 15.5. The fourth-order valence-corrected chi connectivity index (χ4v) is 6.67. The molecule has 0 radical (unpaired) electrons. The van der Waals surface area contributed by atoms with Crippen LogP contribution in [0.3, 0.4) is 0 Å². The van der Waals surface area contributed by atoms with E-state index in [0.717, 1.165) is 42.1 Å². The first kappa shape index (κ1) is 33.3. The zero-order valence-corrected chi connectivity index (χ0v) is 27.6. The van der Waals surface area contributed by atoms with Crippen molar-refractivity contribution in [3.8, 4) is 12.1 Å². The lowest BCUT2D eigenvalue weighted by molar-refractivity contribution is -0.00183. The van der Waals surface area contributed by atoms with Gasteiger partial charge in [-0.25, -0.2) is 4.79 Å². The molecule has 0 spiro atoms. The van der Waals surface area contributed by atoms with E-state index in [4.69, 9.17) is 24.2 Å². The van der Waals surface area contributed by atoms with Gasteiger partial charge >= 0.3 is 12.1 Å². The number of fused-ring (bicyclic) bond motifs is 2. The zero-order valence-electron chi connectivity index (χ0n) is 26.8. The van der Waals surface area contributed by atoms with Gasteiger partial charge in [0.2, 0.25) is 0 Å². The smallest absolute Gasteiger partial charge is 0.410 e. The third-order valence-electron chi connectivity index (χ3n) is 9.08. The summed E-state index contributed by atoms with van der Waals surface area (Å²) in [7, 11) is 0. The Morgan fingerprint density at radius 1 is 1.00 bits per heavy atom. The van der Waals surface area contributed by atoms with Crippen LogP contribution in [0.4, 0.5) is 16.3 Å². The van der Waals surface area contributed by atoms with Gasteiger partial charge in [0, 0.05) is 55.9 Å². The van der Waals surface area contributed by atoms with Crippen molar-refractivity contribution in [2.45, 2.75) is 38.1 Å². The summed E-state index contributed by atoms with van der Waals surface area (Å²) in [5.41, 5.74) is 4.10. The molecule has 3 aromatic carbocycles. The maximum atomic E-state index is 13.2. The zero-order chi connectivity index (χ0) is 32.0. The number of nitrogens with one attached hydrogen (secondary N) is 1. The van der Waals surface area contributed by atoms with Crippen molar-refractivity contribution >= 4 is 40.8 Å². The lowest BCUT2D eigenvalue weighted by Crippen LogP contribution is -2.55. The Bertz CT molecular complexity index is 1740. The van der Waals surface area contributed by atoms with E-state index in [1.165, 1.54) is 16.5 Å². The van der Waals surface area contributed by atoms with Gasteiger partial charge in [-0.1, -0.05) is 66.7 Å². The molecule has 0 bridgehead atoms. The SMILES string of the molecule is Cl.N#CCC1CN(c2nc(OCC3CNCCO3)nc3c2CCN(c2cccc4ccccc24)C3)CCN1C(=O)OCc1ccccc1. The molecule has 2 atom stereocenters. The minimum absolute atomic E-state index is 0. The highest BCUT2D eigenvalue weighted by Crippen LogP contribution is 2.35. The van der Waals surface area contributed by atoms with Crippen molar-refractivity contribution in [3.05, 3.63) is 89.6 Å². The minimum Gasteiger partial charge on any atom is -0.461 e. The van der Waals surface area contributed by atoms with E-state index in [9.17, 15) is 10.1 Å². The molecule has 0 saturated carbocycles. The molecule has 1 aromatic heterocycles. The summed E-state index contributed by atoms with van der Waals surface area (Å²) >= 11 is 0. The highest BCUT2D eigenvalue weighted by atomic mass is 35.5. The number of carbonyl (C=O) groups is 1. The number of anilines is 2. The number of amides is 1. The van der Waals surface area contributed by atoms with Gasteiger partial charge < -0.3 is 34.2 Å². The molecular weight excluding hydrogens is 630 g/mol. The number of piperazine rings is 1. The third-order valence-corrected chi connectivity index (χ3v) is 9.08. The molecule has 2 saturated heterocycles. The van der Waals surface area contributed by atoms with Crippen LogP contribution in [0.1, 0.15) is 23.2 Å². The molecule has 0 aliphatic carbocycles. The standard InChI is InChI=1S/C36H39N7O4.ClH/c37-15-13-28-22-42(18-19-43(28)36(44)47-24-26-7-2-1-3-8-26)34-31-14-17-41(33-12-6-10-27-9-4-5-11-30(27)33)23-32(31)39-35(40-34)46-25-29-21-38-16-20-45-29;/h1-12,28-29,38H,13-14,16-25H2;1H. The van der Waals surface area contributed by atoms with E-state index in [-0.39, 0.29) is 37.6 Å². The Balaban J connectivity index is 0.00000401. The van der Waals surface area contributed by atoms with Crippen molar-refractivity contribution in [1.82, 2.24) is 20.2 Å². The summed E-state index contributed by atoms with van der Waals surface area (Å²) in [6.45, 7) is 5.56. The molecule has 1 amide bonds. The molecule has 1 N–H and O–H groups in total. The van der Waals surface area contributed by atoms with Crippen molar-refractivity contribution < 1.29 is 19.0 Å². The molecule has 3 aliphatic rings. The Morgan fingerprint density at radius 3 is 2.67 bits per heavy atom. The fraction of sp³-hybridized carbons (Fsp3) is 0.389. The number of nitriles is 1. The first-order valence-electron chi connectivity index (χ1n) is 16.3. The number of rotatable bonds is 8. The molecule has 11 nitrogen and oxygen atoms in total. The van der Waals surface area contributed by atoms with Crippen molar-refractivity contribution in [2.24, 2.45) is 0 Å². The Morgan fingerprint density at radius 2 is 1.83 bits per heavy atom. The third kappa shape index (κ3) is 7.41. The summed E-state index contributed by atoms with van der Waals surface area (Å²) in [6.07, 6.45) is 0.458. The van der Waals surface area contributed by atoms with E-state index < -0.39 is 6.09 Å². The van der Waals surface area contributed by atoms with Crippen LogP contribution < -0.4 is 19.9 Å². The van der Waals surface area contributed by atoms with Gasteiger partial charge in [-0.3, -0.25) is 0 Å². The van der Waals surface area contributed by atoms with Crippen LogP contribution in [0.15, 0.2) is 72.8 Å². The van der Waals surface area contributed by atoms with E-state index in [0.29, 0.717) is 51.9 Å². The Labute approximate surface area is 286 Å². The molecule has 2 fully saturated rings. The number of morpholine rings is 1. The number of ether oxygens (including phenoxy) is 3. The van der Waals surface area contributed by atoms with Crippen LogP contribution in [0.25, 0.3) is 10.8 Å². The number of carbonyl (C=O) groups excluding carboxylic acids is 1. The molecule has 4 heterocycles. The summed E-state index contributed by atoms with van der Waals surface area (Å²) in [4.78, 5) is 29.3. The normalized spacial score (nSPS) is 19.2. The largest absolute Gasteiger partial charge is 0.461 e. The van der Waals surface area contributed by atoms with Gasteiger partial charge in [0.15, 0.2) is 0 Å². The van der Waals surface area contributed by atoms with Crippen molar-refractivity contribution in [2.75, 3.05) is 62.3 Å². The van der Waals surface area contributed by atoms with Crippen LogP contribution in [-0.2, 0) is 29.0 Å². The number of benzene rings is 3. The lowest BCUT2D eigenvalue weighted by Gasteiger charge is -2.42. The molecule has 3 aliphatic heterocycles. The van der Waals surface area contributed by atoms with Crippen molar-refractivity contribution in [3.63, 3.8) is 0 Å². The van der Waals surface area contributed by atoms with E-state index in [1.807, 2.05) is 30.3 Å². The number of aromatic nitrogens is 2. The molecule has 7 rings (SSSR count). The van der Waals surface area contributed by atoms with Gasteiger partial charge in [0.25, 0.3) is 0 Å². The maximum Gasteiger partial charge on any atom is 0.410 e. The predicted octanol–water partition coefficient (Wildman–Crippen LogP) is 4.72. The van der Waals surface area contributed by atoms with Gasteiger partial charge in [-0.2, -0.15) is 15.2 Å². The summed E-state index contributed by atoms with van der Waals surface area (Å²) in [5.74, 6) is 0.811. The predicted molar refractivity (Wildman–Crippen MR) is 186 cm³/mol. The average Bonchev–Trinajstić information content (AvgIpc) is 3.13. The number of halogens is 1. The molecule has 2 unspecified atom stereocenters. The highest BCUT2D eigenvalue weighted by molar-refractivity contribution is 5.94. The molecular formula is C36H40ClN7O4. The van der Waals surface area contributed by atoms with Crippen LogP contribution in [0, 0.1) is 11.3 Å². The summed E-state index contributed by atoms with van der Waals surface area (Å²) in [6, 6.07) is 26.7. The Kier molecular flexibility index (Phi) is 10.8. The lowest BCUT2D eigenvalue weighted by atomic mass is 10.0. The van der Waals surface area contributed by atoms with Crippen LogP contribution in [0.5, 0.6) is 6.01 Å². The minimum atomic E-state index is -0.408. The Hall–Kier alpha value is -4.63. The first-order valence-corrected chi connectivity index (χ1v) is 16.3. The maximum absolute atomic E-state index is 13.2. The second-order valence-corrected chi connectivity index (χ2v) is 12.1. The van der Waals surface area contributed by atoms with Gasteiger partial charge in [-0.15, -0.1) is 12.4 Å². The number of hydrogen-bond acceptors (Lipinski definition) is 10. The summed E-state index contributed by atoms with van der Waals surface area (Å²) < 4.78 is 17.7. The van der Waals surface area contributed by atoms with Crippen molar-refractivity contribution in [1.29, 1.82) is 5.26 Å². The topological polar surface area (TPSA) is 116 Å². The quantitative estimate of drug-likeness (QED) is 0.283. The molecule has 4 aromatic rings. The van der Waals surface area contributed by atoms with Crippen LogP contribution in [-0.4, -0.2) is 85.6 Å².